The summed E-state index contributed by atoms with van der Waals surface area (Å²) in [5.74, 6) is 1.35. The fourth-order valence-electron chi connectivity index (χ4n) is 3.01. The molecule has 6 nitrogen and oxygen atoms in total. The number of fused-ring (bicyclic) bond motifs is 1. The van der Waals surface area contributed by atoms with Gasteiger partial charge in [-0.2, -0.15) is 10.5 Å². The minimum Gasteiger partial charge on any atom is -0.454 e. The van der Waals surface area contributed by atoms with Gasteiger partial charge < -0.3 is 14.2 Å². The predicted octanol–water partition coefficient (Wildman–Crippen LogP) is 1.77. The zero-order valence-electron chi connectivity index (χ0n) is 12.2. The molecule has 1 saturated heterocycles. The van der Waals surface area contributed by atoms with E-state index in [0.29, 0.717) is 50.6 Å². The van der Waals surface area contributed by atoms with Gasteiger partial charge in [-0.1, -0.05) is 6.07 Å². The fourth-order valence-corrected chi connectivity index (χ4v) is 3.01. The van der Waals surface area contributed by atoms with E-state index in [1.54, 1.807) is 0 Å². The van der Waals surface area contributed by atoms with Crippen molar-refractivity contribution in [3.8, 4) is 23.6 Å². The Bertz CT molecular complexity index is 629. The second kappa shape index (κ2) is 6.23. The number of morpholine rings is 1. The highest BCUT2D eigenvalue weighted by atomic mass is 16.7. The summed E-state index contributed by atoms with van der Waals surface area (Å²) in [4.78, 5) is 2.10. The summed E-state index contributed by atoms with van der Waals surface area (Å²) in [6, 6.07) is 10.2. The second-order valence-electron chi connectivity index (χ2n) is 5.30. The van der Waals surface area contributed by atoms with E-state index in [0.717, 1.165) is 5.56 Å². The van der Waals surface area contributed by atoms with Crippen LogP contribution in [0.2, 0.25) is 0 Å². The molecular formula is C16H17N3O3. The molecule has 114 valence electrons. The molecule has 0 spiro atoms. The van der Waals surface area contributed by atoms with Crippen LogP contribution in [0.15, 0.2) is 18.2 Å². The van der Waals surface area contributed by atoms with Crippen LogP contribution in [0.4, 0.5) is 0 Å². The summed E-state index contributed by atoms with van der Waals surface area (Å²) in [6.07, 6.45) is 0.777. The molecule has 22 heavy (non-hydrogen) atoms. The van der Waals surface area contributed by atoms with Crippen LogP contribution in [0.5, 0.6) is 11.5 Å². The molecule has 0 radical (unpaired) electrons. The quantitative estimate of drug-likeness (QED) is 0.843. The molecule has 1 aromatic rings. The molecule has 6 heteroatoms. The van der Waals surface area contributed by atoms with Gasteiger partial charge in [0.2, 0.25) is 6.79 Å². The molecule has 0 aliphatic carbocycles. The SMILES string of the molecule is N#CCCC(C#N)(c1ccc2c(c1)OCO2)N1CCOCC1. The first-order chi connectivity index (χ1) is 10.8. The third-order valence-corrected chi connectivity index (χ3v) is 4.18. The molecule has 0 aromatic heterocycles. The van der Waals surface area contributed by atoms with Crippen molar-refractivity contribution in [1.29, 1.82) is 10.5 Å². The van der Waals surface area contributed by atoms with Gasteiger partial charge in [-0.05, 0) is 24.1 Å². The first kappa shape index (κ1) is 14.6. The molecule has 3 rings (SSSR count). The Morgan fingerprint density at radius 3 is 2.64 bits per heavy atom. The third kappa shape index (κ3) is 2.48. The summed E-state index contributed by atoms with van der Waals surface area (Å²) >= 11 is 0. The average molecular weight is 299 g/mol. The minimum absolute atomic E-state index is 0.202. The van der Waals surface area contributed by atoms with Gasteiger partial charge in [0.25, 0.3) is 0 Å². The maximum absolute atomic E-state index is 9.94. The number of hydrogen-bond acceptors (Lipinski definition) is 6. The van der Waals surface area contributed by atoms with Crippen molar-refractivity contribution in [2.24, 2.45) is 0 Å². The summed E-state index contributed by atoms with van der Waals surface area (Å²) in [6.45, 7) is 2.75. The lowest BCUT2D eigenvalue weighted by molar-refractivity contribution is -0.00750. The van der Waals surface area contributed by atoms with Gasteiger partial charge in [-0.25, -0.2) is 0 Å². The first-order valence-electron chi connectivity index (χ1n) is 7.31. The van der Waals surface area contributed by atoms with E-state index in [9.17, 15) is 5.26 Å². The lowest BCUT2D eigenvalue weighted by atomic mass is 9.84. The number of nitrogens with zero attached hydrogens (tertiary/aromatic N) is 3. The van der Waals surface area contributed by atoms with Crippen LogP contribution in [-0.4, -0.2) is 38.0 Å². The lowest BCUT2D eigenvalue weighted by Crippen LogP contribution is -2.50. The number of nitriles is 2. The fraction of sp³-hybridized carbons (Fsp3) is 0.500. The maximum Gasteiger partial charge on any atom is 0.231 e. The largest absolute Gasteiger partial charge is 0.454 e. The number of ether oxygens (including phenoxy) is 3. The van der Waals surface area contributed by atoms with E-state index < -0.39 is 5.54 Å². The summed E-state index contributed by atoms with van der Waals surface area (Å²) < 4.78 is 16.2. The first-order valence-corrected chi connectivity index (χ1v) is 7.31. The van der Waals surface area contributed by atoms with E-state index in [1.807, 2.05) is 18.2 Å². The van der Waals surface area contributed by atoms with E-state index in [1.165, 1.54) is 0 Å². The molecule has 2 aliphatic heterocycles. The van der Waals surface area contributed by atoms with Crippen molar-refractivity contribution < 1.29 is 14.2 Å². The van der Waals surface area contributed by atoms with Gasteiger partial charge in [0.05, 0.1) is 25.4 Å². The van der Waals surface area contributed by atoms with Crippen molar-refractivity contribution in [2.45, 2.75) is 18.4 Å². The van der Waals surface area contributed by atoms with Gasteiger partial charge in [0.1, 0.15) is 5.54 Å². The van der Waals surface area contributed by atoms with Crippen LogP contribution >= 0.6 is 0 Å². The van der Waals surface area contributed by atoms with E-state index in [2.05, 4.69) is 17.0 Å². The second-order valence-corrected chi connectivity index (χ2v) is 5.30. The van der Waals surface area contributed by atoms with Gasteiger partial charge in [-0.15, -0.1) is 0 Å². The van der Waals surface area contributed by atoms with Crippen molar-refractivity contribution >= 4 is 0 Å². The molecule has 0 N–H and O–H groups in total. The van der Waals surface area contributed by atoms with Gasteiger partial charge in [0, 0.05) is 19.5 Å². The molecule has 1 unspecified atom stereocenters. The lowest BCUT2D eigenvalue weighted by Gasteiger charge is -2.41. The Hall–Kier alpha value is -2.28. The molecule has 0 bridgehead atoms. The molecule has 1 atom stereocenters. The molecule has 2 aliphatic rings. The summed E-state index contributed by atoms with van der Waals surface area (Å²) in [5, 5.41) is 18.9. The summed E-state index contributed by atoms with van der Waals surface area (Å²) in [5.41, 5.74) is 0.0110. The van der Waals surface area contributed by atoms with Crippen molar-refractivity contribution in [1.82, 2.24) is 4.90 Å². The topological polar surface area (TPSA) is 78.5 Å². The standard InChI is InChI=1S/C16H17N3O3/c17-5-1-4-16(11-18,19-6-8-20-9-7-19)13-2-3-14-15(10-13)22-12-21-14/h2-3,10H,1,4,6-9,12H2. The number of hydrogen-bond donors (Lipinski definition) is 0. The molecule has 0 saturated carbocycles. The monoisotopic (exact) mass is 299 g/mol. The maximum atomic E-state index is 9.94. The van der Waals surface area contributed by atoms with Gasteiger partial charge >= 0.3 is 0 Å². The minimum atomic E-state index is -0.833. The van der Waals surface area contributed by atoms with Crippen molar-refractivity contribution in [3.05, 3.63) is 23.8 Å². The zero-order chi connectivity index (χ0) is 15.4. The predicted molar refractivity (Wildman–Crippen MR) is 77.1 cm³/mol. The highest BCUT2D eigenvalue weighted by molar-refractivity contribution is 5.48. The Labute approximate surface area is 129 Å². The van der Waals surface area contributed by atoms with E-state index in [-0.39, 0.29) is 6.79 Å². The van der Waals surface area contributed by atoms with Crippen LogP contribution in [0.1, 0.15) is 18.4 Å². The number of benzene rings is 1. The highest BCUT2D eigenvalue weighted by Crippen LogP contribution is 2.40. The highest BCUT2D eigenvalue weighted by Gasteiger charge is 2.40. The number of rotatable bonds is 4. The van der Waals surface area contributed by atoms with Crippen molar-refractivity contribution in [2.75, 3.05) is 33.1 Å². The summed E-state index contributed by atoms with van der Waals surface area (Å²) in [7, 11) is 0. The van der Waals surface area contributed by atoms with Crippen molar-refractivity contribution in [3.63, 3.8) is 0 Å². The molecule has 1 fully saturated rings. The zero-order valence-corrected chi connectivity index (χ0v) is 12.2. The Kier molecular flexibility index (Phi) is 4.15. The van der Waals surface area contributed by atoms with Crippen LogP contribution in [0.25, 0.3) is 0 Å². The van der Waals surface area contributed by atoms with Gasteiger partial charge in [-0.3, -0.25) is 4.90 Å². The normalized spacial score (nSPS) is 19.9. The Balaban J connectivity index is 2.00. The van der Waals surface area contributed by atoms with Crippen LogP contribution in [-0.2, 0) is 10.3 Å². The average Bonchev–Trinajstić information content (AvgIpc) is 3.05. The van der Waals surface area contributed by atoms with Crippen LogP contribution in [0, 0.1) is 22.7 Å². The van der Waals surface area contributed by atoms with E-state index in [4.69, 9.17) is 19.5 Å². The van der Waals surface area contributed by atoms with Crippen LogP contribution < -0.4 is 9.47 Å². The third-order valence-electron chi connectivity index (χ3n) is 4.18. The molecule has 1 aromatic carbocycles. The molecular weight excluding hydrogens is 282 g/mol. The van der Waals surface area contributed by atoms with E-state index >= 15 is 0 Å². The Morgan fingerprint density at radius 2 is 1.91 bits per heavy atom. The molecule has 0 amide bonds. The van der Waals surface area contributed by atoms with Crippen LogP contribution in [0.3, 0.4) is 0 Å². The Morgan fingerprint density at radius 1 is 1.14 bits per heavy atom. The smallest absolute Gasteiger partial charge is 0.231 e. The van der Waals surface area contributed by atoms with Gasteiger partial charge in [0.15, 0.2) is 11.5 Å². The molecule has 2 heterocycles.